The summed E-state index contributed by atoms with van der Waals surface area (Å²) in [6, 6.07) is 9.97. The van der Waals surface area contributed by atoms with Crippen LogP contribution < -0.4 is 0 Å². The van der Waals surface area contributed by atoms with Crippen molar-refractivity contribution >= 4 is 35.4 Å². The number of aliphatic carboxylic acids is 2. The maximum Gasteiger partial charge on any atom is 0.414 e. The second-order valence-electron chi connectivity index (χ2n) is 6.93. The van der Waals surface area contributed by atoms with Crippen LogP contribution in [0.1, 0.15) is 35.6 Å². The molecule has 2 saturated heterocycles. The van der Waals surface area contributed by atoms with E-state index in [1.54, 1.807) is 11.8 Å². The third kappa shape index (κ3) is 5.53. The van der Waals surface area contributed by atoms with E-state index in [1.807, 2.05) is 24.3 Å². The number of carbonyl (C=O) groups is 2. The molecule has 3 heterocycles. The number of carboxylic acids is 2. The van der Waals surface area contributed by atoms with Crippen LogP contribution in [0.4, 0.5) is 0 Å². The zero-order valence-corrected chi connectivity index (χ0v) is 17.2. The molecule has 1 unspecified atom stereocenters. The number of carboxylic acid groups (broad SMARTS) is 2. The largest absolute Gasteiger partial charge is 0.473 e. The molecule has 0 saturated carbocycles. The summed E-state index contributed by atoms with van der Waals surface area (Å²) in [5, 5.41) is 24.8. The lowest BCUT2D eigenvalue weighted by Gasteiger charge is -2.21. The predicted octanol–water partition coefficient (Wildman–Crippen LogP) is 2.67. The minimum Gasteiger partial charge on any atom is -0.473 e. The van der Waals surface area contributed by atoms with E-state index in [0.717, 1.165) is 23.2 Å². The lowest BCUT2D eigenvalue weighted by atomic mass is 9.89. The Bertz CT molecular complexity index is 898. The molecule has 2 bridgehead atoms. The Morgan fingerprint density at radius 2 is 1.93 bits per heavy atom. The number of piperidine rings is 1. The molecular formula is C19H20N4O4S2. The molecule has 8 nitrogen and oxygen atoms in total. The number of rotatable bonds is 4. The van der Waals surface area contributed by atoms with E-state index in [1.165, 1.54) is 48.9 Å². The zero-order valence-electron chi connectivity index (χ0n) is 15.5. The molecule has 4 rings (SSSR count). The normalized spacial score (nSPS) is 22.2. The highest BCUT2D eigenvalue weighted by molar-refractivity contribution is 7.98. The van der Waals surface area contributed by atoms with Gasteiger partial charge in [-0.2, -0.15) is 14.0 Å². The number of benzene rings is 1. The Balaban J connectivity index is 0.000000353. The second kappa shape index (κ2) is 9.82. The van der Waals surface area contributed by atoms with Crippen LogP contribution in [0.5, 0.6) is 0 Å². The van der Waals surface area contributed by atoms with E-state index >= 15 is 0 Å². The van der Waals surface area contributed by atoms with Gasteiger partial charge in [-0.15, -0.1) is 0 Å². The molecular weight excluding hydrogens is 412 g/mol. The summed E-state index contributed by atoms with van der Waals surface area (Å²) < 4.78 is 9.18. The minimum absolute atomic E-state index is 0.569. The predicted molar refractivity (Wildman–Crippen MR) is 108 cm³/mol. The van der Waals surface area contributed by atoms with Crippen molar-refractivity contribution in [3.8, 4) is 6.07 Å². The molecule has 0 aliphatic carbocycles. The number of fused-ring (bicyclic) bond motifs is 2. The van der Waals surface area contributed by atoms with Gasteiger partial charge in [-0.25, -0.2) is 9.59 Å². The van der Waals surface area contributed by atoms with Gasteiger partial charge in [0.25, 0.3) is 0 Å². The van der Waals surface area contributed by atoms with Gasteiger partial charge in [-0.05, 0) is 43.0 Å². The maximum atomic E-state index is 9.10. The zero-order chi connectivity index (χ0) is 20.8. The number of nitrogens with zero attached hydrogens (tertiary/aromatic N) is 4. The SMILES string of the molecule is N#Cc1ccc(CSc2nsnc2[C@@H]2CN3CCC[C@@H]2C3)cc1.O=C(O)C(=O)O. The van der Waals surface area contributed by atoms with Crippen LogP contribution in [-0.4, -0.2) is 55.4 Å². The number of hydrogen-bond donors (Lipinski definition) is 2. The molecule has 0 radical (unpaired) electrons. The van der Waals surface area contributed by atoms with Crippen LogP contribution in [0.15, 0.2) is 29.3 Å². The van der Waals surface area contributed by atoms with Crippen LogP contribution in [0.3, 0.4) is 0 Å². The third-order valence-corrected chi connectivity index (χ3v) is 6.75. The van der Waals surface area contributed by atoms with Gasteiger partial charge >= 0.3 is 11.9 Å². The summed E-state index contributed by atoms with van der Waals surface area (Å²) in [7, 11) is 0. The molecule has 3 atom stereocenters. The molecule has 2 aliphatic rings. The number of thioether (sulfide) groups is 1. The molecule has 2 N–H and O–H groups in total. The van der Waals surface area contributed by atoms with Gasteiger partial charge in [0.1, 0.15) is 5.03 Å². The molecule has 10 heteroatoms. The number of nitriles is 1. The van der Waals surface area contributed by atoms with Crippen molar-refractivity contribution in [3.63, 3.8) is 0 Å². The molecule has 0 spiro atoms. The van der Waals surface area contributed by atoms with Crippen molar-refractivity contribution in [3.05, 3.63) is 41.1 Å². The molecule has 1 aromatic heterocycles. The molecule has 0 amide bonds. The first-order valence-corrected chi connectivity index (χ1v) is 10.8. The standard InChI is InChI=1S/C17H18N4S2.C2H2O4/c18-8-12-3-5-13(6-4-12)11-22-17-16(19-23-20-17)15-10-21-7-1-2-14(15)9-21;3-1(4)2(5)6/h3-6,14-15H,1-2,7,9-11H2;(H,3,4)(H,5,6)/t14-,15-;/m1./s1. The summed E-state index contributed by atoms with van der Waals surface area (Å²) in [4.78, 5) is 20.8. The van der Waals surface area contributed by atoms with Gasteiger partial charge < -0.3 is 15.1 Å². The second-order valence-corrected chi connectivity index (χ2v) is 8.42. The molecule has 2 aromatic rings. The van der Waals surface area contributed by atoms with Crippen molar-refractivity contribution in [2.75, 3.05) is 19.6 Å². The first kappa shape index (κ1) is 21.2. The van der Waals surface area contributed by atoms with Gasteiger partial charge in [0.05, 0.1) is 29.1 Å². The molecule has 152 valence electrons. The minimum atomic E-state index is -1.82. The van der Waals surface area contributed by atoms with Gasteiger partial charge in [0.15, 0.2) is 0 Å². The summed E-state index contributed by atoms with van der Waals surface area (Å²) in [5.41, 5.74) is 3.16. The van der Waals surface area contributed by atoms with Crippen molar-refractivity contribution in [2.45, 2.75) is 29.5 Å². The molecule has 29 heavy (non-hydrogen) atoms. The third-order valence-electron chi connectivity index (χ3n) is 5.04. The van der Waals surface area contributed by atoms with E-state index in [2.05, 4.69) is 19.7 Å². The van der Waals surface area contributed by atoms with E-state index in [-0.39, 0.29) is 0 Å². The highest BCUT2D eigenvalue weighted by Gasteiger charge is 2.38. The average Bonchev–Trinajstić information content (AvgIpc) is 3.30. The Labute approximate surface area is 176 Å². The number of aromatic nitrogens is 2. The Kier molecular flexibility index (Phi) is 7.19. The smallest absolute Gasteiger partial charge is 0.414 e. The van der Waals surface area contributed by atoms with E-state index in [9.17, 15) is 0 Å². The molecule has 2 fully saturated rings. The van der Waals surface area contributed by atoms with Gasteiger partial charge in [0, 0.05) is 24.8 Å². The number of hydrogen-bond acceptors (Lipinski definition) is 8. The lowest BCUT2D eigenvalue weighted by molar-refractivity contribution is -0.159. The van der Waals surface area contributed by atoms with Crippen molar-refractivity contribution < 1.29 is 19.8 Å². The lowest BCUT2D eigenvalue weighted by Crippen LogP contribution is -2.25. The fourth-order valence-corrected chi connectivity index (χ4v) is 5.39. The Morgan fingerprint density at radius 3 is 2.55 bits per heavy atom. The van der Waals surface area contributed by atoms with Gasteiger partial charge in [-0.1, -0.05) is 23.9 Å². The molecule has 2 aliphatic heterocycles. The first-order valence-electron chi connectivity index (χ1n) is 9.10. The molecule has 1 aromatic carbocycles. The van der Waals surface area contributed by atoms with E-state index < -0.39 is 11.9 Å². The van der Waals surface area contributed by atoms with E-state index in [0.29, 0.717) is 11.5 Å². The Morgan fingerprint density at radius 1 is 1.21 bits per heavy atom. The summed E-state index contributed by atoms with van der Waals surface area (Å²) in [6.45, 7) is 3.64. The topological polar surface area (TPSA) is 127 Å². The van der Waals surface area contributed by atoms with Crippen LogP contribution in [0.25, 0.3) is 0 Å². The first-order chi connectivity index (χ1) is 14.0. The summed E-state index contributed by atoms with van der Waals surface area (Å²) in [5.74, 6) is -1.43. The highest BCUT2D eigenvalue weighted by Crippen LogP contribution is 2.41. The average molecular weight is 433 g/mol. The van der Waals surface area contributed by atoms with Gasteiger partial charge in [0.2, 0.25) is 0 Å². The van der Waals surface area contributed by atoms with Crippen LogP contribution in [0, 0.1) is 17.2 Å². The van der Waals surface area contributed by atoms with Crippen LogP contribution >= 0.6 is 23.5 Å². The highest BCUT2D eigenvalue weighted by atomic mass is 32.2. The van der Waals surface area contributed by atoms with Gasteiger partial charge in [-0.3, -0.25) is 0 Å². The van der Waals surface area contributed by atoms with E-state index in [4.69, 9.17) is 25.1 Å². The van der Waals surface area contributed by atoms with Crippen molar-refractivity contribution in [1.82, 2.24) is 13.6 Å². The maximum absolute atomic E-state index is 9.10. The fourth-order valence-electron chi connectivity index (χ4n) is 3.66. The quantitative estimate of drug-likeness (QED) is 0.553. The van der Waals surface area contributed by atoms with Crippen LogP contribution in [-0.2, 0) is 15.3 Å². The monoisotopic (exact) mass is 432 g/mol. The Hall–Kier alpha value is -2.48. The van der Waals surface area contributed by atoms with Crippen molar-refractivity contribution in [1.29, 1.82) is 5.26 Å². The summed E-state index contributed by atoms with van der Waals surface area (Å²) in [6.07, 6.45) is 2.66. The van der Waals surface area contributed by atoms with Crippen LogP contribution in [0.2, 0.25) is 0 Å². The van der Waals surface area contributed by atoms with Crippen molar-refractivity contribution in [2.24, 2.45) is 5.92 Å². The summed E-state index contributed by atoms with van der Waals surface area (Å²) >= 11 is 3.12. The fraction of sp³-hybridized carbons (Fsp3) is 0.421.